The van der Waals surface area contributed by atoms with Crippen molar-refractivity contribution in [1.82, 2.24) is 9.88 Å². The summed E-state index contributed by atoms with van der Waals surface area (Å²) in [4.78, 5) is 29.9. The van der Waals surface area contributed by atoms with E-state index in [1.54, 1.807) is 24.1 Å². The lowest BCUT2D eigenvalue weighted by Gasteiger charge is -2.16. The van der Waals surface area contributed by atoms with Crippen LogP contribution in [0.25, 0.3) is 0 Å². The first-order chi connectivity index (χ1) is 11.6. The molecular weight excluding hydrogens is 312 g/mol. The van der Waals surface area contributed by atoms with Gasteiger partial charge in [0.1, 0.15) is 6.61 Å². The Morgan fingerprint density at radius 2 is 2.12 bits per heavy atom. The van der Waals surface area contributed by atoms with Crippen molar-refractivity contribution >= 4 is 11.9 Å². The van der Waals surface area contributed by atoms with Gasteiger partial charge in [-0.25, -0.2) is 4.98 Å². The molecule has 24 heavy (non-hydrogen) atoms. The van der Waals surface area contributed by atoms with E-state index < -0.39 is 11.9 Å². The number of aromatic nitrogens is 1. The second kappa shape index (κ2) is 7.17. The largest absolute Gasteiger partial charge is 0.481 e. The molecule has 7 nitrogen and oxygen atoms in total. The van der Waals surface area contributed by atoms with Crippen LogP contribution in [0.3, 0.4) is 0 Å². The summed E-state index contributed by atoms with van der Waals surface area (Å²) < 4.78 is 10.3. The molecule has 0 unspecified atom stereocenters. The van der Waals surface area contributed by atoms with E-state index in [2.05, 4.69) is 4.98 Å². The fourth-order valence-corrected chi connectivity index (χ4v) is 3.29. The molecule has 0 aromatic carbocycles. The zero-order valence-corrected chi connectivity index (χ0v) is 13.7. The summed E-state index contributed by atoms with van der Waals surface area (Å²) in [6.07, 6.45) is 3.67. The quantitative estimate of drug-likeness (QED) is 0.756. The van der Waals surface area contributed by atoms with Crippen molar-refractivity contribution in [3.8, 4) is 5.88 Å². The number of carbonyl (C=O) groups is 2. The van der Waals surface area contributed by atoms with Crippen molar-refractivity contribution < 1.29 is 24.2 Å². The van der Waals surface area contributed by atoms with E-state index in [9.17, 15) is 14.7 Å². The Morgan fingerprint density at radius 3 is 2.79 bits per heavy atom. The summed E-state index contributed by atoms with van der Waals surface area (Å²) in [6.45, 7) is 1.59. The Balaban J connectivity index is 1.67. The predicted molar refractivity (Wildman–Crippen MR) is 84.9 cm³/mol. The number of hydrogen-bond acceptors (Lipinski definition) is 5. The van der Waals surface area contributed by atoms with Gasteiger partial charge in [-0.15, -0.1) is 0 Å². The fraction of sp³-hybridized carbons (Fsp3) is 0.588. The molecule has 2 aliphatic rings. The molecule has 1 aromatic heterocycles. The Bertz CT molecular complexity index is 617. The van der Waals surface area contributed by atoms with Gasteiger partial charge in [0.25, 0.3) is 5.91 Å². The highest BCUT2D eigenvalue weighted by Crippen LogP contribution is 2.44. The van der Waals surface area contributed by atoms with Crippen LogP contribution in [0.5, 0.6) is 5.88 Å². The molecule has 3 rings (SSSR count). The number of amides is 1. The van der Waals surface area contributed by atoms with Gasteiger partial charge < -0.3 is 19.5 Å². The van der Waals surface area contributed by atoms with E-state index in [4.69, 9.17) is 9.47 Å². The average Bonchev–Trinajstić information content (AvgIpc) is 3.33. The second-order valence-electron chi connectivity index (χ2n) is 6.38. The maximum absolute atomic E-state index is 12.7. The maximum Gasteiger partial charge on any atom is 0.308 e. The Kier molecular flexibility index (Phi) is 4.99. The van der Waals surface area contributed by atoms with Crippen molar-refractivity contribution in [2.24, 2.45) is 17.8 Å². The van der Waals surface area contributed by atoms with E-state index in [-0.39, 0.29) is 18.4 Å². The van der Waals surface area contributed by atoms with Crippen LogP contribution in [0.15, 0.2) is 18.3 Å². The van der Waals surface area contributed by atoms with Crippen molar-refractivity contribution in [3.63, 3.8) is 0 Å². The highest BCUT2D eigenvalue weighted by molar-refractivity contribution is 5.95. The second-order valence-corrected chi connectivity index (χ2v) is 6.38. The summed E-state index contributed by atoms with van der Waals surface area (Å²) in [5.41, 5.74) is 0.470. The minimum Gasteiger partial charge on any atom is -0.481 e. The standard InChI is InChI=1S/C17H22N2O5/c1-23-6-7-24-15-8-12(4-5-18-15)16(20)19-9-13(11-2-3-11)14(10-19)17(21)22/h4-5,8,11,13-14H,2-3,6-7,9-10H2,1H3,(H,21,22)/t13-,14+/m1/s1. The van der Waals surface area contributed by atoms with Crippen LogP contribution < -0.4 is 4.74 Å². The zero-order valence-electron chi connectivity index (χ0n) is 13.7. The van der Waals surface area contributed by atoms with E-state index in [0.29, 0.717) is 37.1 Å². The lowest BCUT2D eigenvalue weighted by atomic mass is 9.92. The number of carbonyl (C=O) groups excluding carboxylic acids is 1. The normalized spacial score (nSPS) is 23.3. The number of rotatable bonds is 7. The van der Waals surface area contributed by atoms with Crippen LogP contribution >= 0.6 is 0 Å². The van der Waals surface area contributed by atoms with Crippen molar-refractivity contribution in [1.29, 1.82) is 0 Å². The highest BCUT2D eigenvalue weighted by Gasteiger charge is 2.46. The monoisotopic (exact) mass is 334 g/mol. The molecule has 2 atom stereocenters. The lowest BCUT2D eigenvalue weighted by Crippen LogP contribution is -2.30. The third-order valence-electron chi connectivity index (χ3n) is 4.72. The summed E-state index contributed by atoms with van der Waals surface area (Å²) in [7, 11) is 1.58. The Hall–Kier alpha value is -2.15. The van der Waals surface area contributed by atoms with E-state index in [1.807, 2.05) is 0 Å². The van der Waals surface area contributed by atoms with Crippen molar-refractivity contribution in [2.75, 3.05) is 33.4 Å². The first-order valence-electron chi connectivity index (χ1n) is 8.20. The molecule has 1 aromatic rings. The van der Waals surface area contributed by atoms with E-state index in [0.717, 1.165) is 12.8 Å². The number of carboxylic acid groups (broad SMARTS) is 1. The van der Waals surface area contributed by atoms with Crippen LogP contribution in [0.2, 0.25) is 0 Å². The molecule has 1 saturated heterocycles. The van der Waals surface area contributed by atoms with Gasteiger partial charge in [-0.2, -0.15) is 0 Å². The molecule has 1 N–H and O–H groups in total. The summed E-state index contributed by atoms with van der Waals surface area (Å²) >= 11 is 0. The van der Waals surface area contributed by atoms with Crippen LogP contribution in [-0.4, -0.2) is 60.3 Å². The summed E-state index contributed by atoms with van der Waals surface area (Å²) in [5.74, 6) is -0.532. The number of hydrogen-bond donors (Lipinski definition) is 1. The fourth-order valence-electron chi connectivity index (χ4n) is 3.29. The zero-order chi connectivity index (χ0) is 17.1. The highest BCUT2D eigenvalue weighted by atomic mass is 16.5. The number of pyridine rings is 1. The molecule has 1 amide bonds. The number of methoxy groups -OCH3 is 1. The molecule has 1 aliphatic carbocycles. The summed E-state index contributed by atoms with van der Waals surface area (Å²) in [6, 6.07) is 3.23. The predicted octanol–water partition coefficient (Wildman–Crippen LogP) is 1.29. The number of aliphatic carboxylic acids is 1. The van der Waals surface area contributed by atoms with Gasteiger partial charge in [0, 0.05) is 38.0 Å². The number of carboxylic acids is 1. The summed E-state index contributed by atoms with van der Waals surface area (Å²) in [5, 5.41) is 9.42. The van der Waals surface area contributed by atoms with Crippen molar-refractivity contribution in [2.45, 2.75) is 12.8 Å². The molecule has 2 fully saturated rings. The van der Waals surface area contributed by atoms with E-state index in [1.165, 1.54) is 6.20 Å². The van der Waals surface area contributed by atoms with Gasteiger partial charge in [-0.1, -0.05) is 0 Å². The SMILES string of the molecule is COCCOc1cc(C(=O)N2C[C@H](C(=O)O)[C@@H](C3CC3)C2)ccn1. The third kappa shape index (κ3) is 3.67. The molecule has 1 aliphatic heterocycles. The third-order valence-corrected chi connectivity index (χ3v) is 4.72. The first-order valence-corrected chi connectivity index (χ1v) is 8.20. The molecule has 2 heterocycles. The number of nitrogens with zero attached hydrogens (tertiary/aromatic N) is 2. The van der Waals surface area contributed by atoms with Crippen LogP contribution in [0.4, 0.5) is 0 Å². The first kappa shape index (κ1) is 16.7. The van der Waals surface area contributed by atoms with Gasteiger partial charge >= 0.3 is 5.97 Å². The van der Waals surface area contributed by atoms with Crippen LogP contribution in [0, 0.1) is 17.8 Å². The van der Waals surface area contributed by atoms with Gasteiger partial charge in [0.05, 0.1) is 12.5 Å². The average molecular weight is 334 g/mol. The minimum atomic E-state index is -0.805. The molecule has 130 valence electrons. The van der Waals surface area contributed by atoms with Crippen LogP contribution in [0.1, 0.15) is 23.2 Å². The molecule has 1 saturated carbocycles. The van der Waals surface area contributed by atoms with Gasteiger partial charge in [0.2, 0.25) is 5.88 Å². The Labute approximate surface area is 140 Å². The minimum absolute atomic E-state index is 0.0747. The number of ether oxygens (including phenoxy) is 2. The maximum atomic E-state index is 12.7. The Morgan fingerprint density at radius 1 is 1.33 bits per heavy atom. The van der Waals surface area contributed by atoms with Gasteiger partial charge in [-0.05, 0) is 30.7 Å². The molecule has 0 bridgehead atoms. The van der Waals surface area contributed by atoms with Gasteiger partial charge in [0.15, 0.2) is 0 Å². The van der Waals surface area contributed by atoms with Crippen molar-refractivity contribution in [3.05, 3.63) is 23.9 Å². The topological polar surface area (TPSA) is 89.0 Å². The number of likely N-dealkylation sites (tertiary alicyclic amines) is 1. The van der Waals surface area contributed by atoms with Gasteiger partial charge in [-0.3, -0.25) is 9.59 Å². The molecule has 7 heteroatoms. The smallest absolute Gasteiger partial charge is 0.308 e. The molecular formula is C17H22N2O5. The molecule has 0 radical (unpaired) electrons. The van der Waals surface area contributed by atoms with Crippen LogP contribution in [-0.2, 0) is 9.53 Å². The van der Waals surface area contributed by atoms with E-state index >= 15 is 0 Å². The molecule has 0 spiro atoms. The lowest BCUT2D eigenvalue weighted by molar-refractivity contribution is -0.142.